The average Bonchev–Trinajstić information content (AvgIpc) is 2.19. The normalized spacial score (nSPS) is 10.5. The summed E-state index contributed by atoms with van der Waals surface area (Å²) in [6, 6.07) is 5.48. The second-order valence-electron chi connectivity index (χ2n) is 2.93. The number of rotatable bonds is 1. The summed E-state index contributed by atoms with van der Waals surface area (Å²) in [6.45, 7) is 0. The van der Waals surface area contributed by atoms with Crippen molar-refractivity contribution in [3.63, 3.8) is 0 Å². The topological polar surface area (TPSA) is 50.2 Å². The van der Waals surface area contributed by atoms with Crippen molar-refractivity contribution in [1.82, 2.24) is 4.98 Å². The molecule has 1 aromatic carbocycles. The van der Waals surface area contributed by atoms with Gasteiger partial charge in [0.2, 0.25) is 0 Å². The van der Waals surface area contributed by atoms with Gasteiger partial charge in [-0.15, -0.1) is 0 Å². The fourth-order valence-corrected chi connectivity index (χ4v) is 1.54. The lowest BCUT2D eigenvalue weighted by Crippen LogP contribution is -2.01. The number of para-hydroxylation sites is 1. The highest BCUT2D eigenvalue weighted by Crippen LogP contribution is 2.24. The molecule has 0 saturated carbocycles. The first-order chi connectivity index (χ1) is 7.09. The fourth-order valence-electron chi connectivity index (χ4n) is 1.28. The Balaban J connectivity index is 2.85. The van der Waals surface area contributed by atoms with Crippen molar-refractivity contribution in [2.24, 2.45) is 0 Å². The molecule has 1 N–H and O–H groups in total. The number of fused-ring (bicyclic) bond motifs is 1. The van der Waals surface area contributed by atoms with Crippen LogP contribution in [0.25, 0.3) is 10.9 Å². The van der Waals surface area contributed by atoms with E-state index in [-0.39, 0.29) is 16.2 Å². The Morgan fingerprint density at radius 3 is 2.87 bits per heavy atom. The third-order valence-electron chi connectivity index (χ3n) is 1.96. The standard InChI is InChI=1S/C10H5ClFNO2/c11-6-4-8(10(14)15)13-9-5(6)2-1-3-7(9)12/h1-4H,(H,14,15). The summed E-state index contributed by atoms with van der Waals surface area (Å²) in [5.41, 5.74) is -0.292. The first-order valence-corrected chi connectivity index (χ1v) is 4.45. The van der Waals surface area contributed by atoms with Crippen molar-refractivity contribution < 1.29 is 14.3 Å². The van der Waals surface area contributed by atoms with Gasteiger partial charge in [-0.25, -0.2) is 14.2 Å². The van der Waals surface area contributed by atoms with Crippen LogP contribution in [0.2, 0.25) is 5.02 Å². The smallest absolute Gasteiger partial charge is 0.354 e. The summed E-state index contributed by atoms with van der Waals surface area (Å²) < 4.78 is 13.3. The van der Waals surface area contributed by atoms with Crippen LogP contribution in [0.4, 0.5) is 4.39 Å². The molecule has 0 bridgehead atoms. The molecule has 0 atom stereocenters. The molecule has 15 heavy (non-hydrogen) atoms. The van der Waals surface area contributed by atoms with E-state index in [1.165, 1.54) is 18.2 Å². The molecule has 1 aromatic heterocycles. The molecule has 0 radical (unpaired) electrons. The largest absolute Gasteiger partial charge is 0.477 e. The van der Waals surface area contributed by atoms with Crippen molar-refractivity contribution in [2.75, 3.05) is 0 Å². The Morgan fingerprint density at radius 1 is 1.47 bits per heavy atom. The molecule has 2 rings (SSSR count). The van der Waals surface area contributed by atoms with E-state index >= 15 is 0 Å². The number of carbonyl (C=O) groups is 1. The minimum Gasteiger partial charge on any atom is -0.477 e. The van der Waals surface area contributed by atoms with Crippen molar-refractivity contribution in [3.8, 4) is 0 Å². The molecule has 76 valence electrons. The maximum absolute atomic E-state index is 13.3. The van der Waals surface area contributed by atoms with Gasteiger partial charge in [0, 0.05) is 5.39 Å². The minimum atomic E-state index is -1.23. The van der Waals surface area contributed by atoms with E-state index in [9.17, 15) is 9.18 Å². The monoisotopic (exact) mass is 225 g/mol. The average molecular weight is 226 g/mol. The zero-order valence-electron chi connectivity index (χ0n) is 7.37. The fraction of sp³-hybridized carbons (Fsp3) is 0. The number of pyridine rings is 1. The Bertz CT molecular complexity index is 556. The number of halogens is 2. The third-order valence-corrected chi connectivity index (χ3v) is 2.27. The molecule has 3 nitrogen and oxygen atoms in total. The molecular weight excluding hydrogens is 221 g/mol. The van der Waals surface area contributed by atoms with Gasteiger partial charge in [-0.3, -0.25) is 0 Å². The number of carboxylic acids is 1. The van der Waals surface area contributed by atoms with Gasteiger partial charge in [0.05, 0.1) is 5.02 Å². The van der Waals surface area contributed by atoms with Crippen molar-refractivity contribution in [3.05, 3.63) is 40.8 Å². The van der Waals surface area contributed by atoms with Crippen molar-refractivity contribution >= 4 is 28.5 Å². The molecule has 0 unspecified atom stereocenters. The van der Waals surface area contributed by atoms with E-state index in [4.69, 9.17) is 16.7 Å². The highest BCUT2D eigenvalue weighted by molar-refractivity contribution is 6.35. The third kappa shape index (κ3) is 1.64. The van der Waals surface area contributed by atoms with Crippen LogP contribution >= 0.6 is 11.6 Å². The highest BCUT2D eigenvalue weighted by Gasteiger charge is 2.11. The lowest BCUT2D eigenvalue weighted by Gasteiger charge is -2.02. The van der Waals surface area contributed by atoms with Crippen LogP contribution in [-0.2, 0) is 0 Å². The van der Waals surface area contributed by atoms with Gasteiger partial charge in [-0.2, -0.15) is 0 Å². The lowest BCUT2D eigenvalue weighted by atomic mass is 10.2. The van der Waals surface area contributed by atoms with E-state index in [1.807, 2.05) is 0 Å². The molecule has 0 amide bonds. The highest BCUT2D eigenvalue weighted by atomic mass is 35.5. The first-order valence-electron chi connectivity index (χ1n) is 4.07. The van der Waals surface area contributed by atoms with E-state index in [1.54, 1.807) is 6.07 Å². The quantitative estimate of drug-likeness (QED) is 0.812. The van der Waals surface area contributed by atoms with E-state index < -0.39 is 11.8 Å². The van der Waals surface area contributed by atoms with Gasteiger partial charge in [-0.05, 0) is 12.1 Å². The van der Waals surface area contributed by atoms with Crippen LogP contribution in [0.1, 0.15) is 10.5 Å². The molecule has 1 heterocycles. The Kier molecular flexibility index (Phi) is 2.28. The summed E-state index contributed by atoms with van der Waals surface area (Å²) in [5, 5.41) is 9.30. The second-order valence-corrected chi connectivity index (χ2v) is 3.34. The van der Waals surface area contributed by atoms with Crippen molar-refractivity contribution in [1.29, 1.82) is 0 Å². The maximum Gasteiger partial charge on any atom is 0.354 e. The molecular formula is C10H5ClFNO2. The van der Waals surface area contributed by atoms with Crippen LogP contribution < -0.4 is 0 Å². The molecule has 0 aliphatic heterocycles. The zero-order valence-corrected chi connectivity index (χ0v) is 8.12. The SMILES string of the molecule is O=C(O)c1cc(Cl)c2cccc(F)c2n1. The number of hydrogen-bond acceptors (Lipinski definition) is 2. The molecule has 0 fully saturated rings. The molecule has 5 heteroatoms. The summed E-state index contributed by atoms with van der Waals surface area (Å²) in [5.74, 6) is -1.82. The summed E-state index contributed by atoms with van der Waals surface area (Å²) in [6.07, 6.45) is 0. The van der Waals surface area contributed by atoms with E-state index in [0.29, 0.717) is 5.39 Å². The Labute approximate surface area is 89.1 Å². The molecule has 0 spiro atoms. The molecule has 2 aromatic rings. The van der Waals surface area contributed by atoms with Crippen LogP contribution in [0.3, 0.4) is 0 Å². The van der Waals surface area contributed by atoms with Gasteiger partial charge < -0.3 is 5.11 Å². The Morgan fingerprint density at radius 2 is 2.20 bits per heavy atom. The zero-order chi connectivity index (χ0) is 11.0. The second kappa shape index (κ2) is 3.47. The lowest BCUT2D eigenvalue weighted by molar-refractivity contribution is 0.0691. The van der Waals surface area contributed by atoms with Gasteiger partial charge in [0.1, 0.15) is 11.3 Å². The molecule has 0 aliphatic carbocycles. The summed E-state index contributed by atoms with van der Waals surface area (Å²) >= 11 is 5.81. The van der Waals surface area contributed by atoms with E-state index in [0.717, 1.165) is 0 Å². The first kappa shape index (κ1) is 9.86. The number of nitrogens with zero attached hydrogens (tertiary/aromatic N) is 1. The van der Waals surface area contributed by atoms with Gasteiger partial charge in [0.25, 0.3) is 0 Å². The van der Waals surface area contributed by atoms with Crippen LogP contribution in [0.15, 0.2) is 24.3 Å². The minimum absolute atomic E-state index is 0.0256. The predicted octanol–water partition coefficient (Wildman–Crippen LogP) is 2.73. The predicted molar refractivity (Wildman–Crippen MR) is 53.7 cm³/mol. The number of aromatic nitrogens is 1. The van der Waals surface area contributed by atoms with E-state index in [2.05, 4.69) is 4.98 Å². The van der Waals surface area contributed by atoms with Crippen LogP contribution in [-0.4, -0.2) is 16.1 Å². The van der Waals surface area contributed by atoms with Gasteiger partial charge in [0.15, 0.2) is 5.69 Å². The molecule has 0 aliphatic rings. The van der Waals surface area contributed by atoms with Gasteiger partial charge in [-0.1, -0.05) is 23.7 Å². The number of hydrogen-bond donors (Lipinski definition) is 1. The van der Waals surface area contributed by atoms with Crippen LogP contribution in [0.5, 0.6) is 0 Å². The number of benzene rings is 1. The summed E-state index contributed by atoms with van der Waals surface area (Å²) in [7, 11) is 0. The van der Waals surface area contributed by atoms with Crippen molar-refractivity contribution in [2.45, 2.75) is 0 Å². The summed E-state index contributed by atoms with van der Waals surface area (Å²) in [4.78, 5) is 14.3. The Hall–Kier alpha value is -1.68. The maximum atomic E-state index is 13.3. The van der Waals surface area contributed by atoms with Crippen LogP contribution in [0, 0.1) is 5.82 Å². The number of aromatic carboxylic acids is 1. The molecule has 0 saturated heterocycles. The van der Waals surface area contributed by atoms with Gasteiger partial charge >= 0.3 is 5.97 Å². The number of carboxylic acid groups (broad SMARTS) is 1.